The maximum atomic E-state index is 8.36. The third-order valence-electron chi connectivity index (χ3n) is 1.21. The van der Waals surface area contributed by atoms with E-state index in [0.29, 0.717) is 26.3 Å². The summed E-state index contributed by atoms with van der Waals surface area (Å²) in [5.74, 6) is 0. The zero-order chi connectivity index (χ0) is 7.40. The van der Waals surface area contributed by atoms with Crippen LogP contribution in [0.4, 0.5) is 0 Å². The highest BCUT2D eigenvalue weighted by Crippen LogP contribution is 1.96. The molecular weight excluding hydrogens is 137 g/mol. The number of nitrogens with zero attached hydrogens (tertiary/aromatic N) is 1. The molecule has 5 nitrogen and oxygen atoms in total. The second-order valence-electron chi connectivity index (χ2n) is 1.97. The minimum atomic E-state index is -1.71. The quantitative estimate of drug-likeness (QED) is 0.452. The van der Waals surface area contributed by atoms with Gasteiger partial charge in [0.2, 0.25) is 0 Å². The van der Waals surface area contributed by atoms with Gasteiger partial charge < -0.3 is 14.8 Å². The van der Waals surface area contributed by atoms with Crippen LogP contribution in [-0.2, 0) is 9.49 Å². The summed E-state index contributed by atoms with van der Waals surface area (Å²) in [5.41, 5.74) is 0. The molecule has 1 fully saturated rings. The molecule has 0 unspecified atom stereocenters. The van der Waals surface area contributed by atoms with Crippen molar-refractivity contribution in [3.05, 3.63) is 0 Å². The molecule has 0 aromatic rings. The van der Waals surface area contributed by atoms with Crippen LogP contribution in [0, 0.1) is 0 Å². The monoisotopic (exact) mass is 147 g/mol. The van der Waals surface area contributed by atoms with Crippen LogP contribution in [0.3, 0.4) is 0 Å². The molecule has 58 valence electrons. The van der Waals surface area contributed by atoms with Crippen LogP contribution < -0.4 is 0 Å². The van der Waals surface area contributed by atoms with E-state index in [2.05, 4.69) is 4.76 Å². The summed E-state index contributed by atoms with van der Waals surface area (Å²) in [7, 11) is -1.71. The Morgan fingerprint density at radius 2 is 1.90 bits per heavy atom. The first-order valence-electron chi connectivity index (χ1n) is 3.14. The largest absolute Gasteiger partial charge is 0.651 e. The van der Waals surface area contributed by atoms with Gasteiger partial charge >= 0.3 is 7.32 Å². The molecule has 0 aliphatic carbocycles. The van der Waals surface area contributed by atoms with Crippen molar-refractivity contribution in [2.75, 3.05) is 26.3 Å². The molecule has 2 N–H and O–H groups in total. The van der Waals surface area contributed by atoms with Crippen molar-refractivity contribution >= 4 is 7.32 Å². The van der Waals surface area contributed by atoms with Crippen LogP contribution in [0.1, 0.15) is 0 Å². The number of ether oxygens (including phenoxy) is 1. The SMILES string of the molecule is OB(O)ON1CCOCC1. The van der Waals surface area contributed by atoms with Gasteiger partial charge in [0.25, 0.3) is 0 Å². The molecule has 0 bridgehead atoms. The average Bonchev–Trinajstić information content (AvgIpc) is 1.88. The van der Waals surface area contributed by atoms with Crippen molar-refractivity contribution in [2.45, 2.75) is 0 Å². The maximum absolute atomic E-state index is 8.36. The minimum absolute atomic E-state index is 0.576. The summed E-state index contributed by atoms with van der Waals surface area (Å²) < 4.78 is 9.55. The van der Waals surface area contributed by atoms with E-state index in [1.165, 1.54) is 5.06 Å². The molecule has 6 heteroatoms. The Balaban J connectivity index is 2.13. The summed E-state index contributed by atoms with van der Waals surface area (Å²) in [6.45, 7) is 2.31. The molecule has 0 atom stereocenters. The smallest absolute Gasteiger partial charge is 0.401 e. The predicted octanol–water partition coefficient (Wildman–Crippen LogP) is -1.78. The lowest BCUT2D eigenvalue weighted by Gasteiger charge is -2.25. The molecule has 0 spiro atoms. The lowest BCUT2D eigenvalue weighted by molar-refractivity contribution is -0.142. The van der Waals surface area contributed by atoms with Crippen molar-refractivity contribution < 1.29 is 19.5 Å². The second kappa shape index (κ2) is 3.90. The summed E-state index contributed by atoms with van der Waals surface area (Å²) in [6.07, 6.45) is 0. The summed E-state index contributed by atoms with van der Waals surface area (Å²) >= 11 is 0. The van der Waals surface area contributed by atoms with Crippen LogP contribution in [0.2, 0.25) is 0 Å². The van der Waals surface area contributed by atoms with E-state index in [4.69, 9.17) is 14.8 Å². The van der Waals surface area contributed by atoms with Crippen LogP contribution >= 0.6 is 0 Å². The Labute approximate surface area is 59.3 Å². The Morgan fingerprint density at radius 1 is 1.30 bits per heavy atom. The van der Waals surface area contributed by atoms with Gasteiger partial charge in [-0.15, -0.1) is 0 Å². The number of hydrogen-bond acceptors (Lipinski definition) is 5. The standard InChI is InChI=1S/C4H10BNO4/c7-5(8)10-6-1-3-9-4-2-6/h7-8H,1-4H2. The van der Waals surface area contributed by atoms with Gasteiger partial charge in [-0.3, -0.25) is 4.76 Å². The lowest BCUT2D eigenvalue weighted by Crippen LogP contribution is -2.40. The zero-order valence-corrected chi connectivity index (χ0v) is 5.56. The first-order chi connectivity index (χ1) is 4.79. The highest BCUT2D eigenvalue weighted by molar-refractivity contribution is 6.32. The predicted molar refractivity (Wildman–Crippen MR) is 33.7 cm³/mol. The molecule has 0 aromatic heterocycles. The Morgan fingerprint density at radius 3 is 2.40 bits per heavy atom. The molecule has 10 heavy (non-hydrogen) atoms. The third-order valence-corrected chi connectivity index (χ3v) is 1.21. The topological polar surface area (TPSA) is 62.2 Å². The fraction of sp³-hybridized carbons (Fsp3) is 1.00. The van der Waals surface area contributed by atoms with Crippen molar-refractivity contribution in [3.63, 3.8) is 0 Å². The van der Waals surface area contributed by atoms with Gasteiger partial charge in [0.05, 0.1) is 13.2 Å². The molecule has 0 aromatic carbocycles. The molecule has 0 amide bonds. The van der Waals surface area contributed by atoms with E-state index in [0.717, 1.165) is 0 Å². The Hall–Kier alpha value is -0.135. The highest BCUT2D eigenvalue weighted by atomic mass is 16.7. The van der Waals surface area contributed by atoms with E-state index in [-0.39, 0.29) is 0 Å². The summed E-state index contributed by atoms with van der Waals surface area (Å²) in [4.78, 5) is 0. The van der Waals surface area contributed by atoms with E-state index in [1.807, 2.05) is 0 Å². The normalized spacial score (nSPS) is 21.0. The number of morpholine rings is 1. The van der Waals surface area contributed by atoms with Crippen LogP contribution in [-0.4, -0.2) is 48.7 Å². The van der Waals surface area contributed by atoms with Crippen LogP contribution in [0.5, 0.6) is 0 Å². The second-order valence-corrected chi connectivity index (χ2v) is 1.97. The third kappa shape index (κ3) is 2.63. The fourth-order valence-corrected chi connectivity index (χ4v) is 0.785. The molecule has 0 radical (unpaired) electrons. The molecule has 1 aliphatic rings. The average molecular weight is 147 g/mol. The first kappa shape index (κ1) is 7.97. The van der Waals surface area contributed by atoms with Crippen molar-refractivity contribution in [2.24, 2.45) is 0 Å². The van der Waals surface area contributed by atoms with Gasteiger partial charge in [-0.25, -0.2) is 0 Å². The fourth-order valence-electron chi connectivity index (χ4n) is 0.785. The van der Waals surface area contributed by atoms with E-state index >= 15 is 0 Å². The van der Waals surface area contributed by atoms with E-state index < -0.39 is 7.32 Å². The first-order valence-corrected chi connectivity index (χ1v) is 3.14. The molecule has 1 rings (SSSR count). The van der Waals surface area contributed by atoms with Crippen LogP contribution in [0.25, 0.3) is 0 Å². The number of hydrogen-bond donors (Lipinski definition) is 2. The molecular formula is C4H10BNO4. The van der Waals surface area contributed by atoms with Gasteiger partial charge in [-0.05, 0) is 0 Å². The summed E-state index contributed by atoms with van der Waals surface area (Å²) in [5, 5.41) is 18.2. The highest BCUT2D eigenvalue weighted by Gasteiger charge is 2.17. The van der Waals surface area contributed by atoms with Gasteiger partial charge in [0.1, 0.15) is 0 Å². The summed E-state index contributed by atoms with van der Waals surface area (Å²) in [6, 6.07) is 0. The maximum Gasteiger partial charge on any atom is 0.651 e. The van der Waals surface area contributed by atoms with Crippen molar-refractivity contribution in [3.8, 4) is 0 Å². The number of rotatable bonds is 2. The van der Waals surface area contributed by atoms with Crippen molar-refractivity contribution in [1.82, 2.24) is 5.06 Å². The molecule has 1 aliphatic heterocycles. The molecule has 1 saturated heterocycles. The van der Waals surface area contributed by atoms with Crippen LogP contribution in [0.15, 0.2) is 0 Å². The van der Waals surface area contributed by atoms with E-state index in [9.17, 15) is 0 Å². The van der Waals surface area contributed by atoms with E-state index in [1.54, 1.807) is 0 Å². The minimum Gasteiger partial charge on any atom is -0.401 e. The van der Waals surface area contributed by atoms with Gasteiger partial charge in [-0.2, -0.15) is 5.06 Å². The molecule has 1 heterocycles. The lowest BCUT2D eigenvalue weighted by atomic mass is 10.3. The van der Waals surface area contributed by atoms with Crippen molar-refractivity contribution in [1.29, 1.82) is 0 Å². The number of hydroxylamine groups is 2. The van der Waals surface area contributed by atoms with Gasteiger partial charge in [0.15, 0.2) is 0 Å². The van der Waals surface area contributed by atoms with Gasteiger partial charge in [0, 0.05) is 13.1 Å². The Bertz CT molecular complexity index is 95.3. The zero-order valence-electron chi connectivity index (χ0n) is 5.56. The molecule has 0 saturated carbocycles. The van der Waals surface area contributed by atoms with Gasteiger partial charge in [-0.1, -0.05) is 0 Å². The Kier molecular flexibility index (Phi) is 3.10.